The molecule has 1 aromatic carbocycles. The molecule has 1 aliphatic rings. The van der Waals surface area contributed by atoms with Gasteiger partial charge in [0, 0.05) is 24.6 Å². The molecule has 1 aliphatic heterocycles. The fourth-order valence-corrected chi connectivity index (χ4v) is 4.40. The first kappa shape index (κ1) is 19.3. The molecule has 3 aromatic heterocycles. The highest BCUT2D eigenvalue weighted by Crippen LogP contribution is 2.41. The molecule has 0 spiro atoms. The molecule has 0 N–H and O–H groups in total. The largest absolute Gasteiger partial charge is 0.480 e. The van der Waals surface area contributed by atoms with Crippen LogP contribution in [-0.2, 0) is 5.41 Å². The zero-order chi connectivity index (χ0) is 21.4. The Morgan fingerprint density at radius 2 is 1.90 bits per heavy atom. The fourth-order valence-electron chi connectivity index (χ4n) is 4.40. The number of oxazole rings is 1. The van der Waals surface area contributed by atoms with E-state index in [1.807, 2.05) is 41.4 Å². The van der Waals surface area contributed by atoms with Crippen LogP contribution in [0.1, 0.15) is 40.3 Å². The predicted octanol–water partition coefficient (Wildman–Crippen LogP) is 3.26. The van der Waals surface area contributed by atoms with Gasteiger partial charge in [-0.05, 0) is 31.4 Å². The fraction of sp³-hybridized carbons (Fsp3) is 0.304. The number of fused-ring (bicyclic) bond motifs is 1. The van der Waals surface area contributed by atoms with Gasteiger partial charge in [0.05, 0.1) is 24.7 Å². The van der Waals surface area contributed by atoms with Gasteiger partial charge in [0.1, 0.15) is 0 Å². The molecule has 1 saturated heterocycles. The van der Waals surface area contributed by atoms with E-state index < -0.39 is 0 Å². The van der Waals surface area contributed by atoms with Crippen molar-refractivity contribution in [3.05, 3.63) is 77.8 Å². The number of ether oxygens (including phenoxy) is 1. The Labute approximate surface area is 179 Å². The van der Waals surface area contributed by atoms with E-state index in [0.29, 0.717) is 30.4 Å². The molecule has 1 fully saturated rings. The predicted molar refractivity (Wildman–Crippen MR) is 113 cm³/mol. The van der Waals surface area contributed by atoms with Crippen LogP contribution < -0.4 is 4.74 Å². The maximum Gasteiger partial charge on any atom is 0.291 e. The van der Waals surface area contributed by atoms with E-state index in [0.717, 1.165) is 24.2 Å². The molecule has 8 heteroatoms. The monoisotopic (exact) mass is 417 g/mol. The highest BCUT2D eigenvalue weighted by molar-refractivity contribution is 5.92. The molecule has 158 valence electrons. The Kier molecular flexibility index (Phi) is 4.69. The van der Waals surface area contributed by atoms with Gasteiger partial charge in [0.25, 0.3) is 5.91 Å². The average molecular weight is 417 g/mol. The van der Waals surface area contributed by atoms with E-state index in [-0.39, 0.29) is 11.3 Å². The summed E-state index contributed by atoms with van der Waals surface area (Å²) in [6.45, 7) is 2.98. The summed E-state index contributed by atoms with van der Waals surface area (Å²) in [6, 6.07) is 14.1. The summed E-state index contributed by atoms with van der Waals surface area (Å²) >= 11 is 0. The topological polar surface area (TPSA) is 85.8 Å². The first-order valence-electron chi connectivity index (χ1n) is 10.3. The van der Waals surface area contributed by atoms with Crippen LogP contribution in [0, 0.1) is 6.92 Å². The lowest BCUT2D eigenvalue weighted by molar-refractivity contribution is 0.0651. The third-order valence-electron chi connectivity index (χ3n) is 6.17. The van der Waals surface area contributed by atoms with Crippen LogP contribution in [0.5, 0.6) is 5.88 Å². The molecule has 4 aromatic rings. The Morgan fingerprint density at radius 3 is 2.58 bits per heavy atom. The lowest BCUT2D eigenvalue weighted by Crippen LogP contribution is -2.46. The Morgan fingerprint density at radius 1 is 1.13 bits per heavy atom. The molecule has 31 heavy (non-hydrogen) atoms. The number of carbonyl (C=O) groups is 1. The zero-order valence-corrected chi connectivity index (χ0v) is 17.5. The maximum atomic E-state index is 12.9. The van der Waals surface area contributed by atoms with Crippen molar-refractivity contribution >= 4 is 11.6 Å². The van der Waals surface area contributed by atoms with Crippen LogP contribution in [0.25, 0.3) is 5.65 Å². The quantitative estimate of drug-likeness (QED) is 0.507. The summed E-state index contributed by atoms with van der Waals surface area (Å²) in [5, 5.41) is 4.47. The summed E-state index contributed by atoms with van der Waals surface area (Å²) < 4.78 is 12.3. The number of carbonyl (C=O) groups excluding carboxylic acids is 1. The minimum Gasteiger partial charge on any atom is -0.480 e. The number of piperidine rings is 1. The number of aryl methyl sites for hydroxylation is 1. The van der Waals surface area contributed by atoms with E-state index in [1.165, 1.54) is 12.0 Å². The van der Waals surface area contributed by atoms with Gasteiger partial charge in [-0.3, -0.25) is 4.79 Å². The van der Waals surface area contributed by atoms with Crippen molar-refractivity contribution in [3.63, 3.8) is 0 Å². The Balaban J connectivity index is 1.51. The van der Waals surface area contributed by atoms with E-state index in [2.05, 4.69) is 22.2 Å². The third-order valence-corrected chi connectivity index (χ3v) is 6.17. The van der Waals surface area contributed by atoms with Crippen molar-refractivity contribution in [2.75, 3.05) is 20.2 Å². The zero-order valence-electron chi connectivity index (χ0n) is 17.5. The van der Waals surface area contributed by atoms with Crippen molar-refractivity contribution in [2.45, 2.75) is 25.2 Å². The van der Waals surface area contributed by atoms with Gasteiger partial charge in [-0.25, -0.2) is 14.5 Å². The molecule has 4 heterocycles. The molecule has 0 bridgehead atoms. The summed E-state index contributed by atoms with van der Waals surface area (Å²) in [4.78, 5) is 23.7. The minimum absolute atomic E-state index is 0.113. The van der Waals surface area contributed by atoms with Gasteiger partial charge < -0.3 is 14.1 Å². The van der Waals surface area contributed by atoms with Crippen molar-refractivity contribution < 1.29 is 13.9 Å². The average Bonchev–Trinajstić information content (AvgIpc) is 3.45. The number of benzene rings is 1. The van der Waals surface area contributed by atoms with Gasteiger partial charge in [-0.2, -0.15) is 0 Å². The van der Waals surface area contributed by atoms with Crippen LogP contribution in [-0.4, -0.2) is 50.6 Å². The van der Waals surface area contributed by atoms with Crippen LogP contribution in [0.3, 0.4) is 0 Å². The smallest absolute Gasteiger partial charge is 0.291 e. The first-order valence-corrected chi connectivity index (χ1v) is 10.3. The Hall–Kier alpha value is -3.68. The van der Waals surface area contributed by atoms with E-state index >= 15 is 0 Å². The van der Waals surface area contributed by atoms with Gasteiger partial charge in [-0.1, -0.05) is 30.3 Å². The second kappa shape index (κ2) is 7.54. The van der Waals surface area contributed by atoms with Crippen LogP contribution in [0.15, 0.2) is 59.5 Å². The number of likely N-dealkylation sites (tertiary alicyclic amines) is 1. The molecule has 1 amide bonds. The van der Waals surface area contributed by atoms with Gasteiger partial charge >= 0.3 is 0 Å². The number of amides is 1. The number of rotatable bonds is 4. The number of aromatic nitrogens is 4. The molecule has 5 rings (SSSR count). The van der Waals surface area contributed by atoms with Gasteiger partial charge in [0.2, 0.25) is 11.6 Å². The number of hydrogen-bond acceptors (Lipinski definition) is 6. The van der Waals surface area contributed by atoms with E-state index in [1.54, 1.807) is 18.5 Å². The Bertz CT molecular complexity index is 1220. The number of imidazole rings is 1. The van der Waals surface area contributed by atoms with Crippen molar-refractivity contribution in [2.24, 2.45) is 0 Å². The summed E-state index contributed by atoms with van der Waals surface area (Å²) in [6.07, 6.45) is 4.79. The standard InChI is InChI=1S/C23H23N5O3/c1-16-21(31-15-24-16)22(29)27-12-10-23(11-13-27,17-6-4-3-5-7-17)18-14-28-19(25-18)8-9-20(26-28)30-2/h3-9,14-15H,10-13H2,1-2H3. The SMILES string of the molecule is COc1ccc2nc(C3(c4ccccc4)CCN(C(=O)c4ocnc4C)CC3)cn2n1. The highest BCUT2D eigenvalue weighted by atomic mass is 16.5. The second-order valence-electron chi connectivity index (χ2n) is 7.81. The molecule has 0 radical (unpaired) electrons. The maximum absolute atomic E-state index is 12.9. The number of hydrogen-bond donors (Lipinski definition) is 0. The van der Waals surface area contributed by atoms with Crippen LogP contribution in [0.2, 0.25) is 0 Å². The van der Waals surface area contributed by atoms with Crippen molar-refractivity contribution in [3.8, 4) is 5.88 Å². The van der Waals surface area contributed by atoms with Crippen LogP contribution in [0.4, 0.5) is 0 Å². The van der Waals surface area contributed by atoms with Gasteiger partial charge in [-0.15, -0.1) is 5.10 Å². The molecular weight excluding hydrogens is 394 g/mol. The van der Waals surface area contributed by atoms with Crippen molar-refractivity contribution in [1.82, 2.24) is 24.5 Å². The number of methoxy groups -OCH3 is 1. The van der Waals surface area contributed by atoms with Gasteiger partial charge in [0.15, 0.2) is 12.0 Å². The lowest BCUT2D eigenvalue weighted by Gasteiger charge is -2.41. The van der Waals surface area contributed by atoms with E-state index in [9.17, 15) is 4.79 Å². The summed E-state index contributed by atoms with van der Waals surface area (Å²) in [7, 11) is 1.60. The lowest BCUT2D eigenvalue weighted by atomic mass is 9.70. The second-order valence-corrected chi connectivity index (χ2v) is 7.81. The van der Waals surface area contributed by atoms with Crippen molar-refractivity contribution in [1.29, 1.82) is 0 Å². The molecule has 0 unspecified atom stereocenters. The summed E-state index contributed by atoms with van der Waals surface area (Å²) in [5.41, 5.74) is 3.21. The summed E-state index contributed by atoms with van der Waals surface area (Å²) in [5.74, 6) is 0.738. The number of nitrogens with zero attached hydrogens (tertiary/aromatic N) is 5. The third kappa shape index (κ3) is 3.24. The minimum atomic E-state index is -0.310. The molecule has 8 nitrogen and oxygen atoms in total. The molecule has 0 saturated carbocycles. The molecule has 0 aliphatic carbocycles. The van der Waals surface area contributed by atoms with Crippen LogP contribution >= 0.6 is 0 Å². The van der Waals surface area contributed by atoms with E-state index in [4.69, 9.17) is 14.1 Å². The molecular formula is C23H23N5O3. The normalized spacial score (nSPS) is 15.9. The first-order chi connectivity index (χ1) is 15.1. The highest BCUT2D eigenvalue weighted by Gasteiger charge is 2.41. The molecule has 0 atom stereocenters.